The third kappa shape index (κ3) is 5.62. The minimum atomic E-state index is 0.141. The van der Waals surface area contributed by atoms with Gasteiger partial charge in [-0.05, 0) is 19.4 Å². The Labute approximate surface area is 96.4 Å². The van der Waals surface area contributed by atoms with E-state index in [1.807, 2.05) is 6.92 Å². The predicted molar refractivity (Wildman–Crippen MR) is 64.5 cm³/mol. The van der Waals surface area contributed by atoms with Gasteiger partial charge in [0.15, 0.2) is 0 Å². The van der Waals surface area contributed by atoms with Crippen LogP contribution in [0.1, 0.15) is 27.2 Å². The van der Waals surface area contributed by atoms with E-state index in [9.17, 15) is 0 Å². The van der Waals surface area contributed by atoms with Crippen molar-refractivity contribution in [3.63, 3.8) is 0 Å². The van der Waals surface area contributed by atoms with Crippen LogP contribution < -0.4 is 0 Å². The van der Waals surface area contributed by atoms with Crippen LogP contribution in [0.25, 0.3) is 0 Å². The maximum absolute atomic E-state index is 8.74. The van der Waals surface area contributed by atoms with Crippen LogP contribution >= 0.6 is 15.9 Å². The lowest BCUT2D eigenvalue weighted by Crippen LogP contribution is -2.33. The first kappa shape index (κ1) is 13.9. The topological polar surface area (TPSA) is 27.0 Å². The molecule has 0 spiro atoms. The molecule has 2 unspecified atom stereocenters. The standard InChI is InChI=1S/C11H21BrN2/c1-4-11(6-12)9-14(5-2)8-10(3)7-13/h10-11H,4-6,8-9H2,1-3H3. The van der Waals surface area contributed by atoms with Crippen LogP contribution in [0.2, 0.25) is 0 Å². The minimum Gasteiger partial charge on any atom is -0.302 e. The monoisotopic (exact) mass is 260 g/mol. The Morgan fingerprint density at radius 3 is 2.36 bits per heavy atom. The predicted octanol–water partition coefficient (Wildman–Crippen LogP) is 2.89. The van der Waals surface area contributed by atoms with Crippen molar-refractivity contribution in [3.8, 4) is 6.07 Å². The van der Waals surface area contributed by atoms with Gasteiger partial charge < -0.3 is 4.90 Å². The van der Waals surface area contributed by atoms with Crippen LogP contribution in [0.15, 0.2) is 0 Å². The molecule has 0 saturated carbocycles. The van der Waals surface area contributed by atoms with Crippen molar-refractivity contribution in [2.45, 2.75) is 27.2 Å². The maximum Gasteiger partial charge on any atom is 0.0666 e. The summed E-state index contributed by atoms with van der Waals surface area (Å²) < 4.78 is 0. The zero-order chi connectivity index (χ0) is 11.0. The molecule has 0 aromatic heterocycles. The summed E-state index contributed by atoms with van der Waals surface area (Å²) in [6.45, 7) is 9.40. The maximum atomic E-state index is 8.74. The van der Waals surface area contributed by atoms with Crippen LogP contribution in [0.3, 0.4) is 0 Å². The van der Waals surface area contributed by atoms with E-state index in [2.05, 4.69) is 40.7 Å². The molecule has 0 aromatic carbocycles. The third-order valence-corrected chi connectivity index (χ3v) is 3.43. The average Bonchev–Trinajstić information content (AvgIpc) is 2.23. The molecule has 0 heterocycles. The Hall–Kier alpha value is -0.0700. The fourth-order valence-corrected chi connectivity index (χ4v) is 2.08. The molecule has 0 saturated heterocycles. The van der Waals surface area contributed by atoms with Gasteiger partial charge in [-0.2, -0.15) is 5.26 Å². The second-order valence-electron chi connectivity index (χ2n) is 3.81. The van der Waals surface area contributed by atoms with Crippen molar-refractivity contribution in [2.24, 2.45) is 11.8 Å². The van der Waals surface area contributed by atoms with Gasteiger partial charge in [-0.3, -0.25) is 0 Å². The first-order chi connectivity index (χ1) is 6.67. The summed E-state index contributed by atoms with van der Waals surface area (Å²) in [5.41, 5.74) is 0. The molecule has 2 nitrogen and oxygen atoms in total. The second kappa shape index (κ2) is 8.26. The van der Waals surface area contributed by atoms with E-state index in [0.717, 1.165) is 25.0 Å². The van der Waals surface area contributed by atoms with Gasteiger partial charge in [-0.1, -0.05) is 36.2 Å². The van der Waals surface area contributed by atoms with Crippen molar-refractivity contribution in [1.29, 1.82) is 5.26 Å². The number of hydrogen-bond acceptors (Lipinski definition) is 2. The molecule has 0 aliphatic carbocycles. The van der Waals surface area contributed by atoms with Crippen LogP contribution in [0.5, 0.6) is 0 Å². The number of alkyl halides is 1. The highest BCUT2D eigenvalue weighted by Crippen LogP contribution is 2.10. The second-order valence-corrected chi connectivity index (χ2v) is 4.46. The summed E-state index contributed by atoms with van der Waals surface area (Å²) >= 11 is 3.53. The lowest BCUT2D eigenvalue weighted by molar-refractivity contribution is 0.233. The zero-order valence-electron chi connectivity index (χ0n) is 9.46. The van der Waals surface area contributed by atoms with Crippen molar-refractivity contribution < 1.29 is 0 Å². The summed E-state index contributed by atoms with van der Waals surface area (Å²) in [6.07, 6.45) is 1.20. The molecule has 82 valence electrons. The molecule has 0 aliphatic heterocycles. The van der Waals surface area contributed by atoms with E-state index < -0.39 is 0 Å². The summed E-state index contributed by atoms with van der Waals surface area (Å²) in [7, 11) is 0. The lowest BCUT2D eigenvalue weighted by atomic mass is 10.1. The van der Waals surface area contributed by atoms with E-state index >= 15 is 0 Å². The molecule has 3 heteroatoms. The van der Waals surface area contributed by atoms with E-state index in [1.54, 1.807) is 0 Å². The van der Waals surface area contributed by atoms with Gasteiger partial charge in [-0.25, -0.2) is 0 Å². The molecular weight excluding hydrogens is 240 g/mol. The Kier molecular flexibility index (Phi) is 8.21. The van der Waals surface area contributed by atoms with Gasteiger partial charge in [0.2, 0.25) is 0 Å². The lowest BCUT2D eigenvalue weighted by Gasteiger charge is -2.25. The minimum absolute atomic E-state index is 0.141. The van der Waals surface area contributed by atoms with Gasteiger partial charge >= 0.3 is 0 Å². The van der Waals surface area contributed by atoms with Crippen molar-refractivity contribution in [1.82, 2.24) is 4.90 Å². The smallest absolute Gasteiger partial charge is 0.0666 e. The largest absolute Gasteiger partial charge is 0.302 e. The SMILES string of the molecule is CCC(CBr)CN(CC)CC(C)C#N. The van der Waals surface area contributed by atoms with Gasteiger partial charge in [-0.15, -0.1) is 0 Å². The van der Waals surface area contributed by atoms with Crippen molar-refractivity contribution in [3.05, 3.63) is 0 Å². The highest BCUT2D eigenvalue weighted by atomic mass is 79.9. The fraction of sp³-hybridized carbons (Fsp3) is 0.909. The van der Waals surface area contributed by atoms with Gasteiger partial charge in [0.1, 0.15) is 0 Å². The number of halogens is 1. The van der Waals surface area contributed by atoms with Crippen LogP contribution in [-0.2, 0) is 0 Å². The average molecular weight is 261 g/mol. The number of rotatable bonds is 7. The summed E-state index contributed by atoms with van der Waals surface area (Å²) in [6, 6.07) is 2.29. The Balaban J connectivity index is 3.95. The van der Waals surface area contributed by atoms with Gasteiger partial charge in [0, 0.05) is 18.4 Å². The molecule has 14 heavy (non-hydrogen) atoms. The first-order valence-corrected chi connectivity index (χ1v) is 6.47. The number of hydrogen-bond donors (Lipinski definition) is 0. The summed E-state index contributed by atoms with van der Waals surface area (Å²) in [4.78, 5) is 2.36. The molecule has 0 rings (SSSR count). The van der Waals surface area contributed by atoms with E-state index in [4.69, 9.17) is 5.26 Å². The molecule has 0 radical (unpaired) electrons. The Morgan fingerprint density at radius 1 is 1.36 bits per heavy atom. The number of nitrogens with zero attached hydrogens (tertiary/aromatic N) is 2. The molecule has 0 fully saturated rings. The van der Waals surface area contributed by atoms with Gasteiger partial charge in [0.25, 0.3) is 0 Å². The highest BCUT2D eigenvalue weighted by molar-refractivity contribution is 9.09. The normalized spacial score (nSPS) is 15.1. The third-order valence-electron chi connectivity index (χ3n) is 2.51. The molecule has 0 N–H and O–H groups in total. The van der Waals surface area contributed by atoms with Crippen LogP contribution in [-0.4, -0.2) is 29.9 Å². The Morgan fingerprint density at radius 2 is 2.00 bits per heavy atom. The van der Waals surface area contributed by atoms with E-state index in [-0.39, 0.29) is 5.92 Å². The van der Waals surface area contributed by atoms with E-state index in [0.29, 0.717) is 5.92 Å². The molecule has 2 atom stereocenters. The molecule has 0 amide bonds. The summed E-state index contributed by atoms with van der Waals surface area (Å²) in [5, 5.41) is 9.80. The van der Waals surface area contributed by atoms with E-state index in [1.165, 1.54) is 6.42 Å². The van der Waals surface area contributed by atoms with Crippen LogP contribution in [0, 0.1) is 23.2 Å². The zero-order valence-corrected chi connectivity index (χ0v) is 11.0. The van der Waals surface area contributed by atoms with Crippen molar-refractivity contribution >= 4 is 15.9 Å². The van der Waals surface area contributed by atoms with Crippen molar-refractivity contribution in [2.75, 3.05) is 25.0 Å². The summed E-state index contributed by atoms with van der Waals surface area (Å²) in [5.74, 6) is 0.851. The molecule has 0 aliphatic rings. The molecule has 0 bridgehead atoms. The fourth-order valence-electron chi connectivity index (χ4n) is 1.41. The van der Waals surface area contributed by atoms with Gasteiger partial charge in [0.05, 0.1) is 12.0 Å². The first-order valence-electron chi connectivity index (χ1n) is 5.35. The quantitative estimate of drug-likeness (QED) is 0.659. The molecule has 0 aromatic rings. The molecular formula is C11H21BrN2. The van der Waals surface area contributed by atoms with Crippen LogP contribution in [0.4, 0.5) is 0 Å². The Bertz CT molecular complexity index is 173. The number of nitriles is 1. The highest BCUT2D eigenvalue weighted by Gasteiger charge is 2.12.